The fraction of sp³-hybridized carbons (Fsp3) is 0.235. The lowest BCUT2D eigenvalue weighted by Crippen LogP contribution is -2.10. The number of nitrogens with one attached hydrogen (secondary N) is 2. The van der Waals surface area contributed by atoms with E-state index in [4.69, 9.17) is 4.74 Å². The van der Waals surface area contributed by atoms with Crippen LogP contribution in [0, 0.1) is 0 Å². The van der Waals surface area contributed by atoms with E-state index in [1.54, 1.807) is 12.1 Å². The normalized spacial score (nSPS) is 10.2. The lowest BCUT2D eigenvalue weighted by molar-refractivity contribution is 0.187. The number of ether oxygens (including phenoxy) is 2. The monoisotopic (exact) mass is 300 g/mol. The van der Waals surface area contributed by atoms with E-state index in [2.05, 4.69) is 15.4 Å². The van der Waals surface area contributed by atoms with Gasteiger partial charge in [-0.25, -0.2) is 4.79 Å². The van der Waals surface area contributed by atoms with Gasteiger partial charge in [0, 0.05) is 17.1 Å². The number of anilines is 3. The molecule has 2 rings (SSSR count). The maximum Gasteiger partial charge on any atom is 0.411 e. The van der Waals surface area contributed by atoms with Gasteiger partial charge in [0.1, 0.15) is 5.75 Å². The summed E-state index contributed by atoms with van der Waals surface area (Å²) in [6.07, 6.45) is -0.324. The Morgan fingerprint density at radius 2 is 1.41 bits per heavy atom. The van der Waals surface area contributed by atoms with Crippen LogP contribution in [0.5, 0.6) is 5.75 Å². The fourth-order valence-electron chi connectivity index (χ4n) is 1.86. The molecule has 1 amide bonds. The third-order valence-electron chi connectivity index (χ3n) is 2.83. The number of amides is 1. The molecule has 116 valence electrons. The molecule has 22 heavy (non-hydrogen) atoms. The summed E-state index contributed by atoms with van der Waals surface area (Å²) in [6.45, 7) is 3.99. The summed E-state index contributed by atoms with van der Waals surface area (Å²) < 4.78 is 10.1. The van der Waals surface area contributed by atoms with Gasteiger partial charge in [-0.3, -0.25) is 5.32 Å². The van der Waals surface area contributed by atoms with Gasteiger partial charge in [-0.15, -0.1) is 0 Å². The molecule has 0 aliphatic rings. The topological polar surface area (TPSA) is 59.6 Å². The molecule has 0 heterocycles. The minimum absolute atomic E-state index is 0.161. The molecule has 0 unspecified atom stereocenters. The molecule has 0 atom stereocenters. The standard InChI is InChI=1S/C17H20N2O3/c1-12(2)22-16-10-8-14(9-11-16)18-13-4-6-15(7-5-13)19-17(20)21-3/h4-12,18H,1-3H3,(H,19,20). The van der Waals surface area contributed by atoms with Gasteiger partial charge < -0.3 is 14.8 Å². The lowest BCUT2D eigenvalue weighted by Gasteiger charge is -2.11. The number of rotatable bonds is 5. The van der Waals surface area contributed by atoms with E-state index in [-0.39, 0.29) is 6.10 Å². The van der Waals surface area contributed by atoms with E-state index in [1.165, 1.54) is 7.11 Å². The van der Waals surface area contributed by atoms with Crippen LogP contribution < -0.4 is 15.4 Å². The number of hydrogen-bond donors (Lipinski definition) is 2. The van der Waals surface area contributed by atoms with Gasteiger partial charge in [0.25, 0.3) is 0 Å². The number of benzene rings is 2. The highest BCUT2D eigenvalue weighted by atomic mass is 16.5. The number of methoxy groups -OCH3 is 1. The molecular formula is C17H20N2O3. The van der Waals surface area contributed by atoms with Crippen molar-refractivity contribution in [2.24, 2.45) is 0 Å². The van der Waals surface area contributed by atoms with E-state index in [0.29, 0.717) is 5.69 Å². The summed E-state index contributed by atoms with van der Waals surface area (Å²) in [6, 6.07) is 15.1. The Hall–Kier alpha value is -2.69. The van der Waals surface area contributed by atoms with Gasteiger partial charge in [-0.05, 0) is 62.4 Å². The van der Waals surface area contributed by atoms with Crippen LogP contribution in [0.25, 0.3) is 0 Å². The van der Waals surface area contributed by atoms with Gasteiger partial charge in [0.15, 0.2) is 0 Å². The van der Waals surface area contributed by atoms with E-state index in [0.717, 1.165) is 17.1 Å². The van der Waals surface area contributed by atoms with E-state index >= 15 is 0 Å². The van der Waals surface area contributed by atoms with Crippen molar-refractivity contribution in [3.8, 4) is 5.75 Å². The molecule has 5 heteroatoms. The average Bonchev–Trinajstić information content (AvgIpc) is 2.50. The van der Waals surface area contributed by atoms with E-state index in [9.17, 15) is 4.79 Å². The van der Waals surface area contributed by atoms with Crippen LogP contribution >= 0.6 is 0 Å². The zero-order chi connectivity index (χ0) is 15.9. The summed E-state index contributed by atoms with van der Waals surface area (Å²) in [7, 11) is 1.33. The highest BCUT2D eigenvalue weighted by Crippen LogP contribution is 2.22. The molecular weight excluding hydrogens is 280 g/mol. The van der Waals surface area contributed by atoms with Crippen molar-refractivity contribution in [3.05, 3.63) is 48.5 Å². The third-order valence-corrected chi connectivity index (χ3v) is 2.83. The zero-order valence-corrected chi connectivity index (χ0v) is 12.9. The predicted molar refractivity (Wildman–Crippen MR) is 88.0 cm³/mol. The first-order valence-corrected chi connectivity index (χ1v) is 7.05. The van der Waals surface area contributed by atoms with Crippen molar-refractivity contribution < 1.29 is 14.3 Å². The summed E-state index contributed by atoms with van der Waals surface area (Å²) in [4.78, 5) is 11.1. The van der Waals surface area contributed by atoms with E-state index in [1.807, 2.05) is 50.2 Å². The maximum absolute atomic E-state index is 11.1. The van der Waals surface area contributed by atoms with Gasteiger partial charge in [-0.1, -0.05) is 0 Å². The van der Waals surface area contributed by atoms with Crippen molar-refractivity contribution in [1.82, 2.24) is 0 Å². The van der Waals surface area contributed by atoms with Gasteiger partial charge in [0.05, 0.1) is 13.2 Å². The van der Waals surface area contributed by atoms with Gasteiger partial charge in [0.2, 0.25) is 0 Å². The molecule has 0 spiro atoms. The van der Waals surface area contributed by atoms with Crippen LogP contribution in [-0.4, -0.2) is 19.3 Å². The Balaban J connectivity index is 1.97. The Labute approximate surface area is 130 Å². The van der Waals surface area contributed by atoms with Crippen LogP contribution in [0.4, 0.5) is 21.9 Å². The molecule has 0 saturated heterocycles. The van der Waals surface area contributed by atoms with Crippen molar-refractivity contribution in [2.75, 3.05) is 17.7 Å². The SMILES string of the molecule is COC(=O)Nc1ccc(Nc2ccc(OC(C)C)cc2)cc1. The van der Waals surface area contributed by atoms with E-state index < -0.39 is 6.09 Å². The summed E-state index contributed by atoms with van der Waals surface area (Å²) >= 11 is 0. The van der Waals surface area contributed by atoms with Gasteiger partial charge in [-0.2, -0.15) is 0 Å². The highest BCUT2D eigenvalue weighted by molar-refractivity contribution is 5.84. The maximum atomic E-state index is 11.1. The molecule has 0 aliphatic heterocycles. The Kier molecular flexibility index (Phi) is 5.25. The summed E-state index contributed by atoms with van der Waals surface area (Å²) in [5.74, 6) is 0.846. The second kappa shape index (κ2) is 7.36. The third kappa shape index (κ3) is 4.70. The van der Waals surface area contributed by atoms with Crippen molar-refractivity contribution >= 4 is 23.2 Å². The lowest BCUT2D eigenvalue weighted by atomic mass is 10.2. The Bertz CT molecular complexity index is 607. The second-order valence-electron chi connectivity index (χ2n) is 5.01. The van der Waals surface area contributed by atoms with Crippen molar-refractivity contribution in [3.63, 3.8) is 0 Å². The molecule has 5 nitrogen and oxygen atoms in total. The number of carbonyl (C=O) groups excluding carboxylic acids is 1. The number of hydrogen-bond acceptors (Lipinski definition) is 4. The largest absolute Gasteiger partial charge is 0.491 e. The molecule has 0 aliphatic carbocycles. The summed E-state index contributed by atoms with van der Waals surface area (Å²) in [5.41, 5.74) is 2.57. The Morgan fingerprint density at radius 1 is 0.909 bits per heavy atom. The average molecular weight is 300 g/mol. The predicted octanol–water partition coefficient (Wildman–Crippen LogP) is 4.40. The smallest absolute Gasteiger partial charge is 0.411 e. The zero-order valence-electron chi connectivity index (χ0n) is 12.9. The molecule has 0 fully saturated rings. The van der Waals surface area contributed by atoms with Crippen molar-refractivity contribution in [2.45, 2.75) is 20.0 Å². The second-order valence-corrected chi connectivity index (χ2v) is 5.01. The molecule has 0 radical (unpaired) electrons. The minimum atomic E-state index is -0.485. The fourth-order valence-corrected chi connectivity index (χ4v) is 1.86. The van der Waals surface area contributed by atoms with Crippen LogP contribution in [0.15, 0.2) is 48.5 Å². The molecule has 0 saturated carbocycles. The van der Waals surface area contributed by atoms with Gasteiger partial charge >= 0.3 is 6.09 Å². The van der Waals surface area contributed by atoms with Crippen LogP contribution in [0.2, 0.25) is 0 Å². The first-order chi connectivity index (χ1) is 10.6. The highest BCUT2D eigenvalue weighted by Gasteiger charge is 2.01. The number of carbonyl (C=O) groups is 1. The minimum Gasteiger partial charge on any atom is -0.491 e. The van der Waals surface area contributed by atoms with Crippen LogP contribution in [0.1, 0.15) is 13.8 Å². The Morgan fingerprint density at radius 3 is 1.91 bits per heavy atom. The van der Waals surface area contributed by atoms with Crippen LogP contribution in [-0.2, 0) is 4.74 Å². The first-order valence-electron chi connectivity index (χ1n) is 7.05. The molecule has 0 aromatic heterocycles. The molecule has 0 bridgehead atoms. The first kappa shape index (κ1) is 15.7. The van der Waals surface area contributed by atoms with Crippen molar-refractivity contribution in [1.29, 1.82) is 0 Å². The molecule has 2 aromatic rings. The van der Waals surface area contributed by atoms with Crippen LogP contribution in [0.3, 0.4) is 0 Å². The quantitative estimate of drug-likeness (QED) is 0.859. The summed E-state index contributed by atoms with van der Waals surface area (Å²) in [5, 5.41) is 5.88. The molecule has 2 aromatic carbocycles. The molecule has 2 N–H and O–H groups in total.